The fraction of sp³-hybridized carbons (Fsp3) is 0.292. The lowest BCUT2D eigenvalue weighted by Gasteiger charge is -2.22. The van der Waals surface area contributed by atoms with Gasteiger partial charge in [-0.15, -0.1) is 0 Å². The first kappa shape index (κ1) is 16.1. The highest BCUT2D eigenvalue weighted by molar-refractivity contribution is 5.84. The van der Waals surface area contributed by atoms with E-state index in [1.54, 1.807) is 0 Å². The van der Waals surface area contributed by atoms with Crippen molar-refractivity contribution >= 4 is 0 Å². The van der Waals surface area contributed by atoms with Gasteiger partial charge in [0.1, 0.15) is 7.05 Å². The van der Waals surface area contributed by atoms with Crippen molar-refractivity contribution < 1.29 is 4.57 Å². The first-order valence-corrected chi connectivity index (χ1v) is 9.17. The summed E-state index contributed by atoms with van der Waals surface area (Å²) in [5.74, 6) is 0. The van der Waals surface area contributed by atoms with E-state index in [0.29, 0.717) is 0 Å². The smallest absolute Gasteiger partial charge is 0.201 e. The molecule has 1 aromatic heterocycles. The number of benzene rings is 2. The highest BCUT2D eigenvalue weighted by atomic mass is 14.9. The second kappa shape index (κ2) is 5.56. The number of hydrogen-bond donors (Lipinski definition) is 0. The largest absolute Gasteiger partial charge is 0.212 e. The van der Waals surface area contributed by atoms with Crippen LogP contribution < -0.4 is 4.57 Å². The Labute approximate surface area is 151 Å². The van der Waals surface area contributed by atoms with E-state index in [0.717, 1.165) is 6.42 Å². The van der Waals surface area contributed by atoms with Crippen molar-refractivity contribution in [2.45, 2.75) is 39.5 Å². The molecule has 1 aliphatic carbocycles. The van der Waals surface area contributed by atoms with Gasteiger partial charge in [0.05, 0.1) is 0 Å². The van der Waals surface area contributed by atoms with Crippen molar-refractivity contribution in [2.75, 3.05) is 0 Å². The van der Waals surface area contributed by atoms with E-state index in [1.165, 1.54) is 44.6 Å². The second-order valence-corrected chi connectivity index (χ2v) is 7.77. The predicted octanol–water partition coefficient (Wildman–Crippen LogP) is 5.36. The van der Waals surface area contributed by atoms with Gasteiger partial charge in [0.2, 0.25) is 5.69 Å². The Morgan fingerprint density at radius 1 is 0.880 bits per heavy atom. The van der Waals surface area contributed by atoms with Gasteiger partial charge in [0, 0.05) is 23.1 Å². The molecule has 0 N–H and O–H groups in total. The van der Waals surface area contributed by atoms with Gasteiger partial charge < -0.3 is 0 Å². The van der Waals surface area contributed by atoms with Crippen LogP contribution in [0.2, 0.25) is 0 Å². The van der Waals surface area contributed by atoms with Crippen LogP contribution >= 0.6 is 0 Å². The van der Waals surface area contributed by atoms with E-state index in [-0.39, 0.29) is 5.41 Å². The quantitative estimate of drug-likeness (QED) is 0.558. The Morgan fingerprint density at radius 2 is 1.64 bits per heavy atom. The van der Waals surface area contributed by atoms with E-state index < -0.39 is 0 Å². The van der Waals surface area contributed by atoms with Crippen molar-refractivity contribution in [3.8, 4) is 22.4 Å². The Balaban J connectivity index is 1.98. The minimum absolute atomic E-state index is 0.0484. The standard InChI is InChI=1S/C24H26N/c1-6-17-10-11-21-20(14-17)19-13-16(2)18(15-22(19)24(21,3)4)23-9-7-8-12-25(23)5/h7-15H,6H2,1-5H3/q+1. The third kappa shape index (κ3) is 2.33. The molecule has 2 aromatic carbocycles. The van der Waals surface area contributed by atoms with Crippen molar-refractivity contribution in [1.29, 1.82) is 0 Å². The van der Waals surface area contributed by atoms with Crippen molar-refractivity contribution in [1.82, 2.24) is 0 Å². The molecule has 25 heavy (non-hydrogen) atoms. The summed E-state index contributed by atoms with van der Waals surface area (Å²) in [6.45, 7) is 9.17. The molecule has 0 amide bonds. The summed E-state index contributed by atoms with van der Waals surface area (Å²) >= 11 is 0. The molecule has 0 radical (unpaired) electrons. The molecule has 4 rings (SSSR count). The lowest BCUT2D eigenvalue weighted by atomic mass is 9.81. The Bertz CT molecular complexity index is 979. The molecule has 0 spiro atoms. The zero-order valence-electron chi connectivity index (χ0n) is 15.9. The van der Waals surface area contributed by atoms with E-state index >= 15 is 0 Å². The molecule has 0 bridgehead atoms. The van der Waals surface area contributed by atoms with E-state index in [2.05, 4.69) is 94.0 Å². The first-order valence-electron chi connectivity index (χ1n) is 9.17. The summed E-state index contributed by atoms with van der Waals surface area (Å²) in [7, 11) is 2.12. The summed E-state index contributed by atoms with van der Waals surface area (Å²) in [4.78, 5) is 0. The molecule has 3 aromatic rings. The van der Waals surface area contributed by atoms with Crippen LogP contribution in [0, 0.1) is 6.92 Å². The molecule has 0 aliphatic heterocycles. The maximum absolute atomic E-state index is 2.42. The van der Waals surface area contributed by atoms with Gasteiger partial charge in [-0.2, -0.15) is 0 Å². The molecule has 1 nitrogen and oxygen atoms in total. The molecule has 1 heteroatoms. The van der Waals surface area contributed by atoms with Crippen LogP contribution in [0.1, 0.15) is 43.0 Å². The average molecular weight is 328 g/mol. The van der Waals surface area contributed by atoms with E-state index in [9.17, 15) is 0 Å². The number of aromatic nitrogens is 1. The van der Waals surface area contributed by atoms with E-state index in [1.807, 2.05) is 0 Å². The second-order valence-electron chi connectivity index (χ2n) is 7.77. The lowest BCUT2D eigenvalue weighted by Crippen LogP contribution is -2.30. The van der Waals surface area contributed by atoms with Gasteiger partial charge in [0.15, 0.2) is 6.20 Å². The van der Waals surface area contributed by atoms with Gasteiger partial charge in [0.25, 0.3) is 0 Å². The van der Waals surface area contributed by atoms with E-state index in [4.69, 9.17) is 0 Å². The van der Waals surface area contributed by atoms with Gasteiger partial charge in [-0.1, -0.05) is 45.0 Å². The Hall–Kier alpha value is -2.41. The fourth-order valence-electron chi connectivity index (χ4n) is 4.25. The first-order chi connectivity index (χ1) is 11.9. The van der Waals surface area contributed by atoms with Gasteiger partial charge in [-0.3, -0.25) is 0 Å². The highest BCUT2D eigenvalue weighted by Crippen LogP contribution is 2.50. The molecular weight excluding hydrogens is 302 g/mol. The fourth-order valence-corrected chi connectivity index (χ4v) is 4.25. The van der Waals surface area contributed by atoms with Crippen molar-refractivity contribution in [3.63, 3.8) is 0 Å². The molecule has 0 saturated carbocycles. The monoisotopic (exact) mass is 328 g/mol. The molecule has 0 fully saturated rings. The third-order valence-corrected chi connectivity index (χ3v) is 5.82. The molecule has 1 heterocycles. The molecule has 0 saturated heterocycles. The molecule has 0 unspecified atom stereocenters. The Morgan fingerprint density at radius 3 is 2.36 bits per heavy atom. The summed E-state index contributed by atoms with van der Waals surface area (Å²) < 4.78 is 2.21. The third-order valence-electron chi connectivity index (χ3n) is 5.82. The predicted molar refractivity (Wildman–Crippen MR) is 105 cm³/mol. The average Bonchev–Trinajstić information content (AvgIpc) is 2.81. The van der Waals surface area contributed by atoms with Crippen molar-refractivity contribution in [2.24, 2.45) is 7.05 Å². The van der Waals surface area contributed by atoms with Crippen LogP contribution in [0.25, 0.3) is 22.4 Å². The highest BCUT2D eigenvalue weighted by Gasteiger charge is 2.36. The number of hydrogen-bond acceptors (Lipinski definition) is 0. The molecular formula is C24H26N+. The van der Waals surface area contributed by atoms with Crippen LogP contribution in [-0.4, -0.2) is 0 Å². The minimum Gasteiger partial charge on any atom is -0.201 e. The maximum Gasteiger partial charge on any atom is 0.212 e. The molecule has 126 valence electrons. The number of pyridine rings is 1. The summed E-state index contributed by atoms with van der Waals surface area (Å²) in [6, 6.07) is 18.2. The summed E-state index contributed by atoms with van der Waals surface area (Å²) in [5.41, 5.74) is 11.1. The van der Waals surface area contributed by atoms with Crippen molar-refractivity contribution in [3.05, 3.63) is 77.0 Å². The summed E-state index contributed by atoms with van der Waals surface area (Å²) in [5, 5.41) is 0. The van der Waals surface area contributed by atoms with Crippen LogP contribution in [0.4, 0.5) is 0 Å². The number of fused-ring (bicyclic) bond motifs is 3. The zero-order valence-corrected chi connectivity index (χ0v) is 15.9. The number of nitrogens with zero attached hydrogens (tertiary/aromatic N) is 1. The van der Waals surface area contributed by atoms with Gasteiger partial charge >= 0.3 is 0 Å². The summed E-state index contributed by atoms with van der Waals surface area (Å²) in [6.07, 6.45) is 3.20. The zero-order chi connectivity index (χ0) is 17.8. The minimum atomic E-state index is 0.0484. The topological polar surface area (TPSA) is 3.88 Å². The van der Waals surface area contributed by atoms with Gasteiger partial charge in [-0.05, 0) is 58.9 Å². The van der Waals surface area contributed by atoms with Crippen LogP contribution in [-0.2, 0) is 18.9 Å². The number of rotatable bonds is 2. The number of aryl methyl sites for hydroxylation is 3. The van der Waals surface area contributed by atoms with Crippen LogP contribution in [0.3, 0.4) is 0 Å². The lowest BCUT2D eigenvalue weighted by molar-refractivity contribution is -0.660. The van der Waals surface area contributed by atoms with Gasteiger partial charge in [-0.25, -0.2) is 4.57 Å². The maximum atomic E-state index is 2.42. The molecule has 0 atom stereocenters. The van der Waals surface area contributed by atoms with Crippen LogP contribution in [0.5, 0.6) is 0 Å². The Kier molecular flexibility index (Phi) is 3.57. The normalized spacial score (nSPS) is 14.3. The SMILES string of the molecule is CCc1ccc2c(c1)-c1cc(C)c(-c3cccc[n+]3C)cc1C2(C)C. The van der Waals surface area contributed by atoms with Crippen LogP contribution in [0.15, 0.2) is 54.7 Å². The molecule has 1 aliphatic rings.